The average Bonchev–Trinajstić information content (AvgIpc) is 3.16. The van der Waals surface area contributed by atoms with E-state index in [1.165, 1.54) is 0 Å². The summed E-state index contributed by atoms with van der Waals surface area (Å²) in [5.41, 5.74) is 14.3. The van der Waals surface area contributed by atoms with Crippen molar-refractivity contribution in [3.8, 4) is 0 Å². The average molecular weight is 778 g/mol. The van der Waals surface area contributed by atoms with E-state index >= 15 is 0 Å². The minimum atomic E-state index is -0.783. The number of rotatable bonds is 28. The smallest absolute Gasteiger partial charge is 0.242 e. The first-order chi connectivity index (χ1) is 26.8. The van der Waals surface area contributed by atoms with Gasteiger partial charge in [0.2, 0.25) is 29.5 Å². The molecule has 0 saturated carbocycles. The summed E-state index contributed by atoms with van der Waals surface area (Å²) in [4.78, 5) is 67.6. The Kier molecular flexibility index (Phi) is 23.4. The van der Waals surface area contributed by atoms with Crippen molar-refractivity contribution in [1.29, 1.82) is 0 Å². The quantitative estimate of drug-likeness (QED) is 0.0692. The lowest BCUT2D eigenvalue weighted by atomic mass is 10.0. The highest BCUT2D eigenvalue weighted by molar-refractivity contribution is 5.90. The molecule has 0 unspecified atom stereocenters. The SMILES string of the molecule is CCCCCCCC(=O)N(CCCNC(=O)[C@@H](CC(C)C)NC(=O)[C@H](N)Cc1ccccc1)CCCNC(=O)[C@@H](CC(C)C)NC(=O)[C@H](N)Cc1ccccc1. The Hall–Kier alpha value is -4.29. The van der Waals surface area contributed by atoms with Crippen molar-refractivity contribution in [2.45, 2.75) is 136 Å². The normalized spacial score (nSPS) is 13.4. The van der Waals surface area contributed by atoms with Crippen LogP contribution in [0.2, 0.25) is 0 Å². The highest BCUT2D eigenvalue weighted by Gasteiger charge is 2.26. The summed E-state index contributed by atoms with van der Waals surface area (Å²) in [5, 5.41) is 11.6. The number of nitrogens with two attached hydrogens (primary N) is 2. The molecule has 2 rings (SSSR count). The Morgan fingerprint density at radius 1 is 0.571 bits per heavy atom. The minimum Gasteiger partial charge on any atom is -0.354 e. The van der Waals surface area contributed by atoms with E-state index in [1.54, 1.807) is 0 Å². The highest BCUT2D eigenvalue weighted by atomic mass is 16.2. The first-order valence-electron chi connectivity index (χ1n) is 20.8. The number of hydrogen-bond donors (Lipinski definition) is 6. The van der Waals surface area contributed by atoms with Crippen LogP contribution in [0, 0.1) is 11.8 Å². The minimum absolute atomic E-state index is 0.0499. The van der Waals surface area contributed by atoms with Crippen LogP contribution in [-0.4, -0.2) is 84.8 Å². The van der Waals surface area contributed by atoms with Crippen molar-refractivity contribution in [3.63, 3.8) is 0 Å². The Bertz CT molecular complexity index is 1340. The zero-order valence-electron chi connectivity index (χ0n) is 34.7. The first-order valence-corrected chi connectivity index (χ1v) is 20.8. The number of hydrogen-bond acceptors (Lipinski definition) is 7. The van der Waals surface area contributed by atoms with Gasteiger partial charge in [-0.2, -0.15) is 0 Å². The van der Waals surface area contributed by atoms with Crippen LogP contribution in [0.1, 0.15) is 110 Å². The van der Waals surface area contributed by atoms with Gasteiger partial charge in [-0.1, -0.05) is 121 Å². The maximum Gasteiger partial charge on any atom is 0.242 e. The van der Waals surface area contributed by atoms with Crippen molar-refractivity contribution in [2.24, 2.45) is 23.3 Å². The predicted molar refractivity (Wildman–Crippen MR) is 224 cm³/mol. The maximum absolute atomic E-state index is 13.4. The van der Waals surface area contributed by atoms with Gasteiger partial charge >= 0.3 is 0 Å². The predicted octanol–water partition coefficient (Wildman–Crippen LogP) is 4.39. The summed E-state index contributed by atoms with van der Waals surface area (Å²) >= 11 is 0. The summed E-state index contributed by atoms with van der Waals surface area (Å²) in [6.07, 6.45) is 8.35. The second kappa shape index (κ2) is 27.3. The van der Waals surface area contributed by atoms with Gasteiger partial charge in [-0.15, -0.1) is 0 Å². The summed E-state index contributed by atoms with van der Waals surface area (Å²) in [6, 6.07) is 16.0. The molecule has 312 valence electrons. The van der Waals surface area contributed by atoms with E-state index in [4.69, 9.17) is 11.5 Å². The molecule has 56 heavy (non-hydrogen) atoms. The van der Waals surface area contributed by atoms with Gasteiger partial charge in [0.25, 0.3) is 0 Å². The number of carbonyl (C=O) groups excluding carboxylic acids is 5. The molecule has 2 aromatic rings. The van der Waals surface area contributed by atoms with E-state index in [0.717, 1.165) is 43.2 Å². The van der Waals surface area contributed by atoms with Crippen molar-refractivity contribution in [2.75, 3.05) is 26.2 Å². The van der Waals surface area contributed by atoms with Gasteiger partial charge in [-0.05, 0) is 67.9 Å². The topological polar surface area (TPSA) is 189 Å². The van der Waals surface area contributed by atoms with Crippen LogP contribution < -0.4 is 32.7 Å². The molecule has 0 radical (unpaired) electrons. The fourth-order valence-electron chi connectivity index (χ4n) is 6.49. The Balaban J connectivity index is 1.93. The number of unbranched alkanes of at least 4 members (excludes halogenated alkanes) is 4. The third-order valence-corrected chi connectivity index (χ3v) is 9.61. The molecule has 0 aliphatic rings. The van der Waals surface area contributed by atoms with Gasteiger partial charge in [0.1, 0.15) is 12.1 Å². The van der Waals surface area contributed by atoms with Gasteiger partial charge in [-0.25, -0.2) is 0 Å². The monoisotopic (exact) mass is 778 g/mol. The van der Waals surface area contributed by atoms with Crippen LogP contribution in [0.4, 0.5) is 0 Å². The molecule has 5 amide bonds. The second-order valence-corrected chi connectivity index (χ2v) is 15.8. The van der Waals surface area contributed by atoms with E-state index in [9.17, 15) is 24.0 Å². The molecule has 0 aromatic heterocycles. The van der Waals surface area contributed by atoms with E-state index in [2.05, 4.69) is 28.2 Å². The first kappa shape index (κ1) is 47.9. The molecule has 0 aliphatic carbocycles. The third kappa shape index (κ3) is 20.0. The molecule has 2 aromatic carbocycles. The van der Waals surface area contributed by atoms with Gasteiger partial charge in [0.15, 0.2) is 0 Å². The standard InChI is InChI=1S/C44H71N7O5/c1-6-7-8-9-16-23-40(52)51(26-17-24-47-43(55)38(28-32(2)3)49-41(53)36(45)30-34-19-12-10-13-20-34)27-18-25-48-44(56)39(29-33(4)5)50-42(54)37(46)31-35-21-14-11-15-22-35/h10-15,19-22,32-33,36-39H,6-9,16-18,23-31,45-46H2,1-5H3,(H,47,55)(H,48,56)(H,49,53)(H,50,54)/t36-,37-,38-,39-/m1/s1. The van der Waals surface area contributed by atoms with E-state index in [-0.39, 0.29) is 41.4 Å². The molecular formula is C44H71N7O5. The Morgan fingerprint density at radius 2 is 0.982 bits per heavy atom. The Morgan fingerprint density at radius 3 is 1.38 bits per heavy atom. The van der Waals surface area contributed by atoms with Crippen LogP contribution in [0.15, 0.2) is 60.7 Å². The van der Waals surface area contributed by atoms with Crippen molar-refractivity contribution in [1.82, 2.24) is 26.2 Å². The van der Waals surface area contributed by atoms with Gasteiger partial charge in [0, 0.05) is 32.6 Å². The van der Waals surface area contributed by atoms with Crippen molar-refractivity contribution < 1.29 is 24.0 Å². The second-order valence-electron chi connectivity index (χ2n) is 15.8. The maximum atomic E-state index is 13.4. The molecule has 12 heteroatoms. The van der Waals surface area contributed by atoms with Crippen molar-refractivity contribution >= 4 is 29.5 Å². The van der Waals surface area contributed by atoms with Gasteiger partial charge < -0.3 is 37.6 Å². The highest BCUT2D eigenvalue weighted by Crippen LogP contribution is 2.11. The molecular weight excluding hydrogens is 707 g/mol. The number of benzene rings is 2. The summed E-state index contributed by atoms with van der Waals surface area (Å²) in [5.74, 6) is -0.926. The van der Waals surface area contributed by atoms with Gasteiger partial charge in [0.05, 0.1) is 12.1 Å². The number of nitrogens with one attached hydrogen (secondary N) is 4. The lowest BCUT2D eigenvalue weighted by Gasteiger charge is -2.25. The molecule has 4 atom stereocenters. The molecule has 12 nitrogen and oxygen atoms in total. The summed E-state index contributed by atoms with van der Waals surface area (Å²) in [7, 11) is 0. The van der Waals surface area contributed by atoms with E-state index < -0.39 is 24.2 Å². The molecule has 0 heterocycles. The molecule has 0 aliphatic heterocycles. The fraction of sp³-hybridized carbons (Fsp3) is 0.614. The third-order valence-electron chi connectivity index (χ3n) is 9.61. The zero-order valence-corrected chi connectivity index (χ0v) is 34.7. The molecule has 8 N–H and O–H groups in total. The van der Waals surface area contributed by atoms with Gasteiger partial charge in [-0.3, -0.25) is 24.0 Å². The van der Waals surface area contributed by atoms with Crippen molar-refractivity contribution in [3.05, 3.63) is 71.8 Å². The lowest BCUT2D eigenvalue weighted by Crippen LogP contribution is -2.53. The van der Waals surface area contributed by atoms with E-state index in [1.807, 2.05) is 93.3 Å². The molecule has 0 fully saturated rings. The fourth-order valence-corrected chi connectivity index (χ4v) is 6.49. The molecule has 0 saturated heterocycles. The lowest BCUT2D eigenvalue weighted by molar-refractivity contribution is -0.131. The molecule has 0 spiro atoms. The van der Waals surface area contributed by atoms with E-state index in [0.29, 0.717) is 71.1 Å². The van der Waals surface area contributed by atoms with Crippen LogP contribution >= 0.6 is 0 Å². The van der Waals surface area contributed by atoms with Crippen LogP contribution in [0.25, 0.3) is 0 Å². The number of amides is 5. The van der Waals surface area contributed by atoms with Crippen LogP contribution in [0.3, 0.4) is 0 Å². The summed E-state index contributed by atoms with van der Waals surface area (Å²) in [6.45, 7) is 11.7. The zero-order chi connectivity index (χ0) is 41.3. The number of nitrogens with zero attached hydrogens (tertiary/aromatic N) is 1. The number of carbonyl (C=O) groups is 5. The molecule has 0 bridgehead atoms. The Labute approximate surface area is 336 Å². The largest absolute Gasteiger partial charge is 0.354 e. The van der Waals surface area contributed by atoms with Crippen LogP contribution in [0.5, 0.6) is 0 Å². The summed E-state index contributed by atoms with van der Waals surface area (Å²) < 4.78 is 0. The van der Waals surface area contributed by atoms with Crippen LogP contribution in [-0.2, 0) is 36.8 Å².